The molecule has 1 saturated carbocycles. The lowest BCUT2D eigenvalue weighted by atomic mass is 9.62. The number of isocyanates is 1. The maximum absolute atomic E-state index is 13.1. The average molecular weight is 432 g/mol. The van der Waals surface area contributed by atoms with Gasteiger partial charge in [0.2, 0.25) is 6.08 Å². The van der Waals surface area contributed by atoms with E-state index in [1.54, 1.807) is 29.6 Å². The molecular weight excluding hydrogens is 398 g/mol. The van der Waals surface area contributed by atoms with Crippen LogP contribution < -0.4 is 5.32 Å². The summed E-state index contributed by atoms with van der Waals surface area (Å²) >= 11 is 0. The van der Waals surface area contributed by atoms with E-state index in [2.05, 4.69) is 36.2 Å². The van der Waals surface area contributed by atoms with Crippen LogP contribution in [0.25, 0.3) is 0 Å². The number of aliphatic imine (C=N–C) groups is 1. The summed E-state index contributed by atoms with van der Waals surface area (Å²) in [6, 6.07) is -0.156. The number of aromatic nitrogens is 2. The van der Waals surface area contributed by atoms with Crippen LogP contribution in [0.2, 0.25) is 0 Å². The lowest BCUT2D eigenvalue weighted by Crippen LogP contribution is -2.52. The number of aryl methyl sites for hydroxylation is 1. The van der Waals surface area contributed by atoms with Gasteiger partial charge in [0.1, 0.15) is 0 Å². The minimum absolute atomic E-state index is 0.0112. The van der Waals surface area contributed by atoms with Crippen molar-refractivity contribution in [3.63, 3.8) is 0 Å². The van der Waals surface area contributed by atoms with Gasteiger partial charge in [0, 0.05) is 31.6 Å². The summed E-state index contributed by atoms with van der Waals surface area (Å²) < 4.78 is 6.72. The number of esters is 1. The molecule has 2 unspecified atom stereocenters. The van der Waals surface area contributed by atoms with Gasteiger partial charge in [-0.1, -0.05) is 20.8 Å². The molecule has 3 rings (SSSR count). The Hall–Kier alpha value is -2.67. The Morgan fingerprint density at radius 3 is 2.74 bits per heavy atom. The van der Waals surface area contributed by atoms with Crippen molar-refractivity contribution in [2.45, 2.75) is 66.0 Å². The van der Waals surface area contributed by atoms with E-state index in [1.165, 1.54) is 0 Å². The third-order valence-electron chi connectivity index (χ3n) is 6.25. The molecule has 1 aliphatic carbocycles. The van der Waals surface area contributed by atoms with Gasteiger partial charge in [0.25, 0.3) is 0 Å². The van der Waals surface area contributed by atoms with E-state index in [4.69, 9.17) is 4.74 Å². The van der Waals surface area contributed by atoms with E-state index in [0.717, 1.165) is 30.5 Å². The summed E-state index contributed by atoms with van der Waals surface area (Å²) in [6.07, 6.45) is 4.79. The van der Waals surface area contributed by atoms with Crippen LogP contribution in [0.15, 0.2) is 4.99 Å². The first kappa shape index (κ1) is 23.0. The number of rotatable bonds is 5. The van der Waals surface area contributed by atoms with Crippen LogP contribution in [0.5, 0.6) is 0 Å². The van der Waals surface area contributed by atoms with Crippen molar-refractivity contribution in [3.8, 4) is 0 Å². The van der Waals surface area contributed by atoms with Crippen LogP contribution >= 0.6 is 0 Å². The molecule has 9 nitrogen and oxygen atoms in total. The highest BCUT2D eigenvalue weighted by atomic mass is 16.5. The molecule has 0 spiro atoms. The topological polar surface area (TPSA) is 106 Å². The lowest BCUT2D eigenvalue weighted by molar-refractivity contribution is 0.0510. The number of fused-ring (bicyclic) bond motifs is 1. The van der Waals surface area contributed by atoms with Gasteiger partial charge in [0.05, 0.1) is 25.4 Å². The Balaban J connectivity index is 1.72. The molecule has 0 radical (unpaired) electrons. The second-order valence-corrected chi connectivity index (χ2v) is 9.90. The van der Waals surface area contributed by atoms with Crippen molar-refractivity contribution in [3.05, 3.63) is 17.0 Å². The monoisotopic (exact) mass is 431 g/mol. The maximum atomic E-state index is 13.1. The Labute approximate surface area is 183 Å². The lowest BCUT2D eigenvalue weighted by Gasteiger charge is -2.46. The minimum Gasteiger partial charge on any atom is -0.461 e. The van der Waals surface area contributed by atoms with Crippen molar-refractivity contribution in [2.75, 3.05) is 19.7 Å². The highest BCUT2D eigenvalue weighted by molar-refractivity contribution is 5.90. The van der Waals surface area contributed by atoms with Crippen molar-refractivity contribution in [2.24, 2.45) is 22.9 Å². The Morgan fingerprint density at radius 2 is 2.06 bits per heavy atom. The summed E-state index contributed by atoms with van der Waals surface area (Å²) in [5.41, 5.74) is 1.88. The van der Waals surface area contributed by atoms with Gasteiger partial charge in [-0.15, -0.1) is 0 Å². The van der Waals surface area contributed by atoms with Crippen LogP contribution in [-0.4, -0.2) is 58.5 Å². The van der Waals surface area contributed by atoms with Crippen LogP contribution in [-0.2, 0) is 29.5 Å². The molecule has 1 aromatic heterocycles. The first-order valence-corrected chi connectivity index (χ1v) is 10.9. The van der Waals surface area contributed by atoms with Gasteiger partial charge in [0.15, 0.2) is 5.69 Å². The first-order chi connectivity index (χ1) is 14.6. The number of carbonyl (C=O) groups is 2. The number of amides is 2. The number of urea groups is 1. The molecule has 1 fully saturated rings. The molecule has 2 aliphatic rings. The smallest absolute Gasteiger partial charge is 0.356 e. The third kappa shape index (κ3) is 5.15. The number of carbonyl (C=O) groups excluding carboxylic acids is 3. The van der Waals surface area contributed by atoms with Crippen molar-refractivity contribution < 1.29 is 19.1 Å². The molecule has 1 aliphatic heterocycles. The molecule has 2 amide bonds. The van der Waals surface area contributed by atoms with Crippen LogP contribution in [0.3, 0.4) is 0 Å². The molecular formula is C22H33N5O4. The van der Waals surface area contributed by atoms with Gasteiger partial charge >= 0.3 is 12.0 Å². The Bertz CT molecular complexity index is 902. The maximum Gasteiger partial charge on any atom is 0.356 e. The van der Waals surface area contributed by atoms with E-state index >= 15 is 0 Å². The predicted octanol–water partition coefficient (Wildman–Crippen LogP) is 2.59. The first-order valence-electron chi connectivity index (χ1n) is 10.9. The average Bonchev–Trinajstić information content (AvgIpc) is 2.99. The zero-order valence-corrected chi connectivity index (χ0v) is 19.2. The second kappa shape index (κ2) is 8.83. The number of nitrogens with zero attached hydrogens (tertiary/aromatic N) is 4. The summed E-state index contributed by atoms with van der Waals surface area (Å²) in [6.45, 7) is 9.81. The predicted molar refractivity (Wildman–Crippen MR) is 114 cm³/mol. The molecule has 0 saturated heterocycles. The highest BCUT2D eigenvalue weighted by Gasteiger charge is 2.42. The zero-order valence-electron chi connectivity index (χ0n) is 19.2. The van der Waals surface area contributed by atoms with Gasteiger partial charge in [-0.05, 0) is 37.0 Å². The van der Waals surface area contributed by atoms with Gasteiger partial charge in [-0.25, -0.2) is 19.4 Å². The zero-order chi connectivity index (χ0) is 22.8. The number of hydrogen-bond acceptors (Lipinski definition) is 6. The molecule has 0 bridgehead atoms. The highest BCUT2D eigenvalue weighted by Crippen LogP contribution is 2.46. The Morgan fingerprint density at radius 1 is 1.32 bits per heavy atom. The normalized spacial score (nSPS) is 24.7. The number of hydrogen-bond donors (Lipinski definition) is 1. The Kier molecular flexibility index (Phi) is 6.55. The molecule has 170 valence electrons. The molecule has 2 atom stereocenters. The number of ether oxygens (including phenoxy) is 1. The molecule has 1 aromatic rings. The fourth-order valence-corrected chi connectivity index (χ4v) is 5.47. The van der Waals surface area contributed by atoms with E-state index < -0.39 is 5.97 Å². The molecule has 1 N–H and O–H groups in total. The molecule has 0 aromatic carbocycles. The summed E-state index contributed by atoms with van der Waals surface area (Å²) in [5, 5.41) is 7.64. The van der Waals surface area contributed by atoms with E-state index in [1.807, 2.05) is 0 Å². The van der Waals surface area contributed by atoms with Crippen LogP contribution in [0.1, 0.15) is 68.7 Å². The van der Waals surface area contributed by atoms with Crippen molar-refractivity contribution >= 4 is 18.1 Å². The van der Waals surface area contributed by atoms with Crippen LogP contribution in [0, 0.1) is 10.8 Å². The fourth-order valence-electron chi connectivity index (χ4n) is 5.47. The third-order valence-corrected chi connectivity index (χ3v) is 6.25. The number of nitrogens with one attached hydrogen (secondary N) is 1. The van der Waals surface area contributed by atoms with Crippen molar-refractivity contribution in [1.82, 2.24) is 20.0 Å². The van der Waals surface area contributed by atoms with Crippen LogP contribution in [0.4, 0.5) is 4.79 Å². The SMILES string of the molecule is CCOC(=O)c1c2c(nn1C)CCN(C(=O)NC1CC(C)(C)CC(C)(CN=C=O)C1)C2. The van der Waals surface area contributed by atoms with E-state index in [0.29, 0.717) is 31.7 Å². The largest absolute Gasteiger partial charge is 0.461 e. The second-order valence-electron chi connectivity index (χ2n) is 9.90. The van der Waals surface area contributed by atoms with Crippen molar-refractivity contribution in [1.29, 1.82) is 0 Å². The standard InChI is InChI=1S/C22H33N5O4/c1-6-31-19(29)18-16-11-27(8-7-17(16)25-26(18)5)20(30)24-15-9-21(2,3)12-22(4,10-15)13-23-14-28/h15H,6-13H2,1-5H3,(H,24,30). The fraction of sp³-hybridized carbons (Fsp3) is 0.727. The summed E-state index contributed by atoms with van der Waals surface area (Å²) in [7, 11) is 1.72. The quantitative estimate of drug-likeness (QED) is 0.438. The molecule has 2 heterocycles. The minimum atomic E-state index is -0.415. The summed E-state index contributed by atoms with van der Waals surface area (Å²) in [4.78, 5) is 41.7. The van der Waals surface area contributed by atoms with Gasteiger partial charge in [-0.2, -0.15) is 5.10 Å². The summed E-state index contributed by atoms with van der Waals surface area (Å²) in [5.74, 6) is -0.415. The van der Waals surface area contributed by atoms with E-state index in [9.17, 15) is 14.4 Å². The molecule has 31 heavy (non-hydrogen) atoms. The van der Waals surface area contributed by atoms with Gasteiger partial charge < -0.3 is 15.0 Å². The molecule has 9 heteroatoms. The van der Waals surface area contributed by atoms with E-state index in [-0.39, 0.29) is 29.5 Å². The van der Waals surface area contributed by atoms with Gasteiger partial charge in [-0.3, -0.25) is 4.68 Å².